The molecule has 10 rings (SSSR count). The second-order valence-electron chi connectivity index (χ2n) is 12.4. The van der Waals surface area contributed by atoms with E-state index < -0.39 is 0 Å². The molecule has 0 fully saturated rings. The zero-order chi connectivity index (χ0) is 32.3. The molecule has 0 amide bonds. The number of aromatic nitrogens is 1. The van der Waals surface area contributed by atoms with Crippen molar-refractivity contribution in [2.45, 2.75) is 0 Å². The van der Waals surface area contributed by atoms with Crippen molar-refractivity contribution < 1.29 is 4.42 Å². The third-order valence-electron chi connectivity index (χ3n) is 9.45. The van der Waals surface area contributed by atoms with Gasteiger partial charge in [-0.25, -0.2) is 0 Å². The van der Waals surface area contributed by atoms with Crippen LogP contribution in [0.3, 0.4) is 0 Å². The molecule has 0 aliphatic rings. The Morgan fingerprint density at radius 1 is 0.490 bits per heavy atom. The van der Waals surface area contributed by atoms with E-state index in [1.807, 2.05) is 18.2 Å². The molecular weight excluding hydrogens is 663 g/mol. The number of nitrogens with zero attached hydrogens (tertiary/aromatic N) is 2. The quantitative estimate of drug-likeness (QED) is 0.133. The molecule has 10 aromatic rings. The molecule has 0 N–H and O–H groups in total. The number of oxazole rings is 1. The van der Waals surface area contributed by atoms with Crippen LogP contribution in [0.25, 0.3) is 74.5 Å². The van der Waals surface area contributed by atoms with E-state index in [1.165, 1.54) is 52.0 Å². The topological polar surface area (TPSA) is 29.3 Å². The van der Waals surface area contributed by atoms with Crippen LogP contribution < -0.4 is 4.90 Å². The SMILES string of the molecule is c1ccc(-c2ccc(N(c3ccccc3)c3cc4oc(-c5ccccc5)nc4c4c3[se]c3cc5ccc6ccccc6c5cc34)cc2)cc1. The van der Waals surface area contributed by atoms with E-state index in [-0.39, 0.29) is 14.5 Å². The average molecular weight is 692 g/mol. The first-order chi connectivity index (χ1) is 24.3. The molecule has 0 saturated heterocycles. The summed E-state index contributed by atoms with van der Waals surface area (Å²) in [6.07, 6.45) is 0. The van der Waals surface area contributed by atoms with E-state index >= 15 is 0 Å². The van der Waals surface area contributed by atoms with Crippen LogP contribution in [0, 0.1) is 0 Å². The van der Waals surface area contributed by atoms with E-state index in [2.05, 4.69) is 157 Å². The predicted molar refractivity (Wildman–Crippen MR) is 207 cm³/mol. The Morgan fingerprint density at radius 2 is 1.12 bits per heavy atom. The van der Waals surface area contributed by atoms with Gasteiger partial charge in [-0.05, 0) is 0 Å². The van der Waals surface area contributed by atoms with Crippen LogP contribution in [0.1, 0.15) is 0 Å². The fraction of sp³-hybridized carbons (Fsp3) is 0. The minimum absolute atomic E-state index is 0.0386. The van der Waals surface area contributed by atoms with Crippen molar-refractivity contribution in [1.82, 2.24) is 4.98 Å². The van der Waals surface area contributed by atoms with Gasteiger partial charge in [0.1, 0.15) is 0 Å². The van der Waals surface area contributed by atoms with Crippen molar-refractivity contribution >= 4 is 83.5 Å². The summed E-state index contributed by atoms with van der Waals surface area (Å²) in [6, 6.07) is 60.6. The first-order valence-corrected chi connectivity index (χ1v) is 18.2. The second kappa shape index (κ2) is 11.3. The minimum atomic E-state index is 0.0386. The number of para-hydroxylation sites is 1. The molecule has 4 heteroatoms. The van der Waals surface area contributed by atoms with Gasteiger partial charge in [-0.1, -0.05) is 0 Å². The number of benzene rings is 8. The van der Waals surface area contributed by atoms with Gasteiger partial charge >= 0.3 is 290 Å². The molecule has 0 radical (unpaired) electrons. The van der Waals surface area contributed by atoms with Crippen LogP contribution in [0.2, 0.25) is 0 Å². The van der Waals surface area contributed by atoms with Gasteiger partial charge in [-0.3, -0.25) is 0 Å². The molecule has 0 spiro atoms. The Labute approximate surface area is 289 Å². The molecule has 0 aliphatic carbocycles. The molecule has 3 nitrogen and oxygen atoms in total. The van der Waals surface area contributed by atoms with Crippen molar-refractivity contribution in [3.63, 3.8) is 0 Å². The Morgan fingerprint density at radius 3 is 1.90 bits per heavy atom. The van der Waals surface area contributed by atoms with Crippen molar-refractivity contribution in [3.05, 3.63) is 170 Å². The van der Waals surface area contributed by atoms with Gasteiger partial charge in [-0.2, -0.15) is 0 Å². The maximum absolute atomic E-state index is 6.66. The molecule has 8 aromatic carbocycles. The molecule has 2 aromatic heterocycles. The van der Waals surface area contributed by atoms with Crippen LogP contribution in [0.5, 0.6) is 0 Å². The summed E-state index contributed by atoms with van der Waals surface area (Å²) < 4.78 is 9.35. The van der Waals surface area contributed by atoms with Crippen LogP contribution >= 0.6 is 0 Å². The van der Waals surface area contributed by atoms with Gasteiger partial charge < -0.3 is 0 Å². The molecule has 2 heterocycles. The Kier molecular flexibility index (Phi) is 6.51. The van der Waals surface area contributed by atoms with Gasteiger partial charge in [0.25, 0.3) is 0 Å². The summed E-state index contributed by atoms with van der Waals surface area (Å²) in [4.78, 5) is 7.60. The second-order valence-corrected chi connectivity index (χ2v) is 14.6. The fourth-order valence-electron chi connectivity index (χ4n) is 7.12. The molecular formula is C45H28N2OSe. The summed E-state index contributed by atoms with van der Waals surface area (Å²) in [5, 5.41) is 7.50. The van der Waals surface area contributed by atoms with E-state index in [4.69, 9.17) is 9.40 Å². The van der Waals surface area contributed by atoms with Crippen LogP contribution in [-0.2, 0) is 0 Å². The summed E-state index contributed by atoms with van der Waals surface area (Å²) >= 11 is 0.0386. The molecule has 0 saturated carbocycles. The van der Waals surface area contributed by atoms with Crippen LogP contribution in [0.4, 0.5) is 17.1 Å². The third-order valence-corrected chi connectivity index (χ3v) is 11.9. The van der Waals surface area contributed by atoms with Crippen molar-refractivity contribution in [2.24, 2.45) is 0 Å². The van der Waals surface area contributed by atoms with Gasteiger partial charge in [0, 0.05) is 0 Å². The first-order valence-electron chi connectivity index (χ1n) is 16.5. The van der Waals surface area contributed by atoms with Gasteiger partial charge in [0.05, 0.1) is 0 Å². The summed E-state index contributed by atoms with van der Waals surface area (Å²) in [6.45, 7) is 0. The van der Waals surface area contributed by atoms with Crippen molar-refractivity contribution in [3.8, 4) is 22.6 Å². The van der Waals surface area contributed by atoms with Gasteiger partial charge in [-0.15, -0.1) is 0 Å². The molecule has 0 bridgehead atoms. The molecule has 230 valence electrons. The Bertz CT molecular complexity index is 2800. The van der Waals surface area contributed by atoms with Gasteiger partial charge in [0.15, 0.2) is 0 Å². The van der Waals surface area contributed by atoms with Crippen LogP contribution in [0.15, 0.2) is 174 Å². The number of rotatable bonds is 5. The van der Waals surface area contributed by atoms with Crippen LogP contribution in [-0.4, -0.2) is 19.5 Å². The average Bonchev–Trinajstić information content (AvgIpc) is 3.77. The normalized spacial score (nSPS) is 11.7. The number of hydrogen-bond acceptors (Lipinski definition) is 3. The number of fused-ring (bicyclic) bond motifs is 8. The fourth-order valence-corrected chi connectivity index (χ4v) is 9.72. The molecule has 49 heavy (non-hydrogen) atoms. The summed E-state index contributed by atoms with van der Waals surface area (Å²) in [7, 11) is 0. The Hall–Kier alpha value is -5.93. The van der Waals surface area contributed by atoms with Crippen molar-refractivity contribution in [2.75, 3.05) is 4.90 Å². The maximum atomic E-state index is 6.66. The van der Waals surface area contributed by atoms with Crippen molar-refractivity contribution in [1.29, 1.82) is 0 Å². The first kappa shape index (κ1) is 28.1. The third kappa shape index (κ3) is 4.69. The zero-order valence-corrected chi connectivity index (χ0v) is 28.1. The van der Waals surface area contributed by atoms with E-state index in [0.717, 1.165) is 33.7 Å². The summed E-state index contributed by atoms with van der Waals surface area (Å²) in [5.41, 5.74) is 8.40. The van der Waals surface area contributed by atoms with Gasteiger partial charge in [0.2, 0.25) is 0 Å². The van der Waals surface area contributed by atoms with E-state index in [9.17, 15) is 0 Å². The zero-order valence-electron chi connectivity index (χ0n) is 26.4. The monoisotopic (exact) mass is 692 g/mol. The predicted octanol–water partition coefficient (Wildman–Crippen LogP) is 12.3. The standard InChI is InChI=1S/C45H28N2OSe/c1-4-12-29(13-5-1)30-22-24-35(25-23-30)47(34-17-8-3-9-18-34)39-28-40-43(46-45(48-40)32-15-6-2-7-16-32)42-38-27-37-33(26-41(38)49-44(39)42)21-20-31-14-10-11-19-36(31)37/h1-28H. The van der Waals surface area contributed by atoms with E-state index in [1.54, 1.807) is 0 Å². The molecule has 0 aliphatic heterocycles. The Balaban J connectivity index is 1.28. The van der Waals surface area contributed by atoms with E-state index in [0.29, 0.717) is 5.89 Å². The molecule has 0 atom stereocenters. The molecule has 0 unspecified atom stereocenters. The number of anilines is 3. The summed E-state index contributed by atoms with van der Waals surface area (Å²) in [5.74, 6) is 0.639. The number of hydrogen-bond donors (Lipinski definition) is 0.